The van der Waals surface area contributed by atoms with Crippen molar-refractivity contribution in [2.24, 2.45) is 0 Å². The minimum atomic E-state index is -1.42. The Morgan fingerprint density at radius 2 is 1.93 bits per heavy atom. The highest BCUT2D eigenvalue weighted by Gasteiger charge is 2.19. The molecule has 0 aliphatic carbocycles. The molecule has 1 aromatic carbocycles. The molecule has 0 saturated carbocycles. The molecule has 4 rings (SSSR count). The summed E-state index contributed by atoms with van der Waals surface area (Å²) in [4.78, 5) is 17.6. The number of hydrogen-bond donors (Lipinski definition) is 2. The van der Waals surface area contributed by atoms with Crippen LogP contribution in [-0.2, 0) is 10.8 Å². The number of aryl methyl sites for hydroxylation is 1. The lowest BCUT2D eigenvalue weighted by atomic mass is 10.1. The third kappa shape index (κ3) is 3.98. The number of rotatable bonds is 5. The van der Waals surface area contributed by atoms with Gasteiger partial charge in [0.15, 0.2) is 5.65 Å². The Morgan fingerprint density at radius 3 is 2.63 bits per heavy atom. The molecule has 156 valence electrons. The molecule has 3 aromatic heterocycles. The first-order valence-electron chi connectivity index (χ1n) is 9.12. The van der Waals surface area contributed by atoms with Crippen molar-refractivity contribution in [2.45, 2.75) is 31.5 Å². The predicted molar refractivity (Wildman–Crippen MR) is 111 cm³/mol. The lowest BCUT2D eigenvalue weighted by molar-refractivity contribution is 0.0942. The molecule has 0 spiro atoms. The van der Waals surface area contributed by atoms with E-state index in [9.17, 15) is 13.7 Å². The van der Waals surface area contributed by atoms with E-state index in [0.29, 0.717) is 33.8 Å². The van der Waals surface area contributed by atoms with Gasteiger partial charge in [-0.25, -0.2) is 19.3 Å². The predicted octanol–water partition coefficient (Wildman–Crippen LogP) is 2.10. The fourth-order valence-electron chi connectivity index (χ4n) is 2.88. The van der Waals surface area contributed by atoms with Crippen LogP contribution >= 0.6 is 0 Å². The lowest BCUT2D eigenvalue weighted by Crippen LogP contribution is -2.30. The molecule has 30 heavy (non-hydrogen) atoms. The van der Waals surface area contributed by atoms with E-state index in [1.165, 1.54) is 22.9 Å². The number of fused-ring (bicyclic) bond motifs is 2. The zero-order valence-corrected chi connectivity index (χ0v) is 17.7. The Kier molecular flexibility index (Phi) is 4.94. The molecule has 0 aliphatic rings. The summed E-state index contributed by atoms with van der Waals surface area (Å²) in [6.07, 6.45) is 1.48. The van der Waals surface area contributed by atoms with Crippen molar-refractivity contribution in [3.8, 4) is 11.4 Å². The van der Waals surface area contributed by atoms with Gasteiger partial charge in [0.25, 0.3) is 0 Å². The van der Waals surface area contributed by atoms with E-state index in [0.717, 1.165) is 0 Å². The van der Waals surface area contributed by atoms with Crippen LogP contribution in [0.15, 0.2) is 29.4 Å². The zero-order valence-electron chi connectivity index (χ0n) is 16.8. The van der Waals surface area contributed by atoms with E-state index in [-0.39, 0.29) is 17.6 Å². The summed E-state index contributed by atoms with van der Waals surface area (Å²) in [6, 6.07) is 5.90. The molecule has 11 heteroatoms. The second kappa shape index (κ2) is 7.33. The maximum Gasteiger partial charge on any atom is 0.228 e. The normalized spacial score (nSPS) is 13.1. The van der Waals surface area contributed by atoms with Crippen molar-refractivity contribution < 1.29 is 13.7 Å². The first-order valence-corrected chi connectivity index (χ1v) is 10.7. The summed E-state index contributed by atoms with van der Waals surface area (Å²) in [7, 11) is -1.42. The minimum absolute atomic E-state index is 0.135. The van der Waals surface area contributed by atoms with Gasteiger partial charge in [0.05, 0.1) is 33.1 Å². The van der Waals surface area contributed by atoms with Crippen LogP contribution in [0.25, 0.3) is 28.1 Å². The molecular weight excluding hydrogens is 409 g/mol. The second-order valence-corrected chi connectivity index (χ2v) is 8.81. The first kappa shape index (κ1) is 20.2. The third-order valence-electron chi connectivity index (χ3n) is 4.28. The maximum atomic E-state index is 13.6. The van der Waals surface area contributed by atoms with Gasteiger partial charge in [-0.2, -0.15) is 14.6 Å². The van der Waals surface area contributed by atoms with Gasteiger partial charge in [0.2, 0.25) is 11.1 Å². The van der Waals surface area contributed by atoms with E-state index in [1.807, 2.05) is 0 Å². The number of aliphatic hydroxyl groups is 1. The molecule has 3 heterocycles. The summed E-state index contributed by atoms with van der Waals surface area (Å²) in [5.41, 5.74) is 1.96. The molecule has 1 unspecified atom stereocenters. The molecule has 1 atom stereocenters. The monoisotopic (exact) mass is 429 g/mol. The topological polar surface area (TPSA) is 118 Å². The number of nitrogens with zero attached hydrogens (tertiary/aromatic N) is 6. The quantitative estimate of drug-likeness (QED) is 0.495. The summed E-state index contributed by atoms with van der Waals surface area (Å²) in [5.74, 6) is -0.114. The summed E-state index contributed by atoms with van der Waals surface area (Å²) in [5, 5.41) is 17.7. The Hall–Kier alpha value is -3.05. The average Bonchev–Trinajstić information content (AvgIpc) is 3.09. The van der Waals surface area contributed by atoms with Crippen LogP contribution < -0.4 is 5.32 Å². The number of hydrogen-bond acceptors (Lipinski definition) is 8. The Bertz CT molecular complexity index is 1300. The molecule has 0 radical (unpaired) electrons. The second-order valence-electron chi connectivity index (χ2n) is 7.54. The molecule has 0 fully saturated rings. The molecule has 0 amide bonds. The summed E-state index contributed by atoms with van der Waals surface area (Å²) in [6.45, 7) is 5.29. The van der Waals surface area contributed by atoms with Gasteiger partial charge in [0, 0.05) is 24.9 Å². The number of anilines is 1. The highest BCUT2D eigenvalue weighted by atomic mass is 32.2. The van der Waals surface area contributed by atoms with Crippen LogP contribution in [0, 0.1) is 12.7 Å². The number of halogens is 1. The Morgan fingerprint density at radius 1 is 1.17 bits per heavy atom. The van der Waals surface area contributed by atoms with Gasteiger partial charge >= 0.3 is 0 Å². The number of benzene rings is 1. The minimum Gasteiger partial charge on any atom is -0.389 e. The summed E-state index contributed by atoms with van der Waals surface area (Å²) >= 11 is 0. The first-order chi connectivity index (χ1) is 14.1. The molecule has 2 N–H and O–H groups in total. The van der Waals surface area contributed by atoms with Gasteiger partial charge in [-0.1, -0.05) is 0 Å². The van der Waals surface area contributed by atoms with E-state index in [4.69, 9.17) is 0 Å². The number of aromatic nitrogens is 6. The van der Waals surface area contributed by atoms with E-state index < -0.39 is 22.2 Å². The summed E-state index contributed by atoms with van der Waals surface area (Å²) < 4.78 is 27.1. The molecule has 9 nitrogen and oxygen atoms in total. The van der Waals surface area contributed by atoms with Gasteiger partial charge < -0.3 is 10.4 Å². The number of nitrogens with one attached hydrogen (secondary N) is 1. The molecule has 0 aliphatic heterocycles. The van der Waals surface area contributed by atoms with Crippen molar-refractivity contribution in [1.82, 2.24) is 29.5 Å². The van der Waals surface area contributed by atoms with Crippen LogP contribution in [0.4, 0.5) is 10.3 Å². The highest BCUT2D eigenvalue weighted by Crippen LogP contribution is 2.24. The smallest absolute Gasteiger partial charge is 0.228 e. The van der Waals surface area contributed by atoms with Crippen molar-refractivity contribution in [1.29, 1.82) is 0 Å². The zero-order chi connectivity index (χ0) is 21.6. The van der Waals surface area contributed by atoms with E-state index in [1.54, 1.807) is 32.9 Å². The van der Waals surface area contributed by atoms with Gasteiger partial charge in [-0.15, -0.1) is 0 Å². The van der Waals surface area contributed by atoms with Crippen LogP contribution in [0.5, 0.6) is 0 Å². The van der Waals surface area contributed by atoms with Crippen molar-refractivity contribution in [2.75, 3.05) is 18.1 Å². The van der Waals surface area contributed by atoms with Crippen LogP contribution in [0.3, 0.4) is 0 Å². The van der Waals surface area contributed by atoms with Crippen molar-refractivity contribution >= 4 is 33.4 Å². The Labute approximate surface area is 173 Å². The molecule has 0 bridgehead atoms. The fourth-order valence-corrected chi connectivity index (χ4v) is 3.32. The SMILES string of the molecule is Cc1nc2ccc(F)cc2nc1-c1cc2nc(S(C)=O)nc(NCC(C)(C)O)n2n1. The maximum absolute atomic E-state index is 13.6. The average molecular weight is 429 g/mol. The van der Waals surface area contributed by atoms with Gasteiger partial charge in [-0.3, -0.25) is 4.21 Å². The van der Waals surface area contributed by atoms with E-state index in [2.05, 4.69) is 30.4 Å². The van der Waals surface area contributed by atoms with Crippen LogP contribution in [0.2, 0.25) is 0 Å². The van der Waals surface area contributed by atoms with Gasteiger partial charge in [-0.05, 0) is 32.9 Å². The van der Waals surface area contributed by atoms with Crippen LogP contribution in [-0.4, -0.2) is 57.3 Å². The van der Waals surface area contributed by atoms with E-state index >= 15 is 0 Å². The van der Waals surface area contributed by atoms with Crippen molar-refractivity contribution in [3.05, 3.63) is 35.8 Å². The molecule has 4 aromatic rings. The third-order valence-corrected chi connectivity index (χ3v) is 4.98. The highest BCUT2D eigenvalue weighted by molar-refractivity contribution is 7.84. The van der Waals surface area contributed by atoms with Crippen LogP contribution in [0.1, 0.15) is 19.5 Å². The largest absolute Gasteiger partial charge is 0.389 e. The van der Waals surface area contributed by atoms with Crippen molar-refractivity contribution in [3.63, 3.8) is 0 Å². The fraction of sp³-hybridized carbons (Fsp3) is 0.316. The Balaban J connectivity index is 1.87. The van der Waals surface area contributed by atoms with Gasteiger partial charge in [0.1, 0.15) is 17.2 Å². The lowest BCUT2D eigenvalue weighted by Gasteiger charge is -2.18. The molecule has 0 saturated heterocycles. The standard InChI is InChI=1S/C19H20FN7O2S/c1-10-16(23-13-7-11(20)5-6-12(13)22-10)14-8-15-24-18(30(4)29)25-17(27(15)26-14)21-9-19(2,3)28/h5-8,28H,9H2,1-4H3,(H,21,24,25). The molecular formula is C19H20FN7O2S.